The molecule has 0 amide bonds. The Balaban J connectivity index is 2.04. The van der Waals surface area contributed by atoms with Gasteiger partial charge in [0.1, 0.15) is 17.9 Å². The van der Waals surface area contributed by atoms with Crippen LogP contribution in [0.1, 0.15) is 31.9 Å². The van der Waals surface area contributed by atoms with E-state index in [4.69, 9.17) is 0 Å². The molecule has 1 heterocycles. The monoisotopic (exact) mass is 307 g/mol. The number of aromatic hydroxyl groups is 1. The number of phenols is 1. The van der Waals surface area contributed by atoms with E-state index < -0.39 is 0 Å². The normalized spacial score (nSPS) is 11.7. The predicted molar refractivity (Wildman–Crippen MR) is 94.4 cm³/mol. The summed E-state index contributed by atoms with van der Waals surface area (Å²) in [5.41, 5.74) is 3.92. The average molecular weight is 307 g/mol. The molecule has 0 bridgehead atoms. The third-order valence-electron chi connectivity index (χ3n) is 3.94. The minimum absolute atomic E-state index is 0.0841. The Morgan fingerprint density at radius 2 is 1.83 bits per heavy atom. The summed E-state index contributed by atoms with van der Waals surface area (Å²) in [6.07, 6.45) is 1.54. The number of hydrogen-bond acceptors (Lipinski definition) is 4. The first-order valence-corrected chi connectivity index (χ1v) is 7.66. The Morgan fingerprint density at radius 3 is 2.57 bits per heavy atom. The average Bonchev–Trinajstić information content (AvgIpc) is 2.49. The van der Waals surface area contributed by atoms with Crippen LogP contribution in [0.4, 0.5) is 11.5 Å². The molecule has 23 heavy (non-hydrogen) atoms. The second-order valence-electron chi connectivity index (χ2n) is 6.83. The van der Waals surface area contributed by atoms with Gasteiger partial charge in [0.15, 0.2) is 0 Å². The molecule has 0 saturated carbocycles. The second kappa shape index (κ2) is 5.54. The topological polar surface area (TPSA) is 58.0 Å². The van der Waals surface area contributed by atoms with Crippen LogP contribution in [0.5, 0.6) is 5.75 Å². The van der Waals surface area contributed by atoms with Crippen molar-refractivity contribution in [2.75, 3.05) is 5.32 Å². The molecular weight excluding hydrogens is 286 g/mol. The zero-order valence-corrected chi connectivity index (χ0v) is 13.9. The molecule has 0 aliphatic rings. The number of anilines is 2. The molecule has 0 fully saturated rings. The number of nitrogens with one attached hydrogen (secondary N) is 1. The number of nitrogens with zero attached hydrogens (tertiary/aromatic N) is 2. The summed E-state index contributed by atoms with van der Waals surface area (Å²) in [6.45, 7) is 8.42. The summed E-state index contributed by atoms with van der Waals surface area (Å²) in [4.78, 5) is 8.61. The highest BCUT2D eigenvalue weighted by atomic mass is 16.3. The molecule has 0 radical (unpaired) electrons. The molecule has 2 N–H and O–H groups in total. The molecule has 0 spiro atoms. The van der Waals surface area contributed by atoms with Crippen molar-refractivity contribution in [2.45, 2.75) is 33.1 Å². The van der Waals surface area contributed by atoms with Crippen LogP contribution in [0.25, 0.3) is 10.9 Å². The highest BCUT2D eigenvalue weighted by molar-refractivity contribution is 5.92. The third kappa shape index (κ3) is 3.11. The molecule has 118 valence electrons. The van der Waals surface area contributed by atoms with E-state index in [1.165, 1.54) is 11.9 Å². The Labute approximate surface area is 136 Å². The molecule has 4 nitrogen and oxygen atoms in total. The van der Waals surface area contributed by atoms with E-state index in [0.29, 0.717) is 5.82 Å². The zero-order chi connectivity index (χ0) is 16.6. The highest BCUT2D eigenvalue weighted by Gasteiger charge is 2.14. The van der Waals surface area contributed by atoms with Gasteiger partial charge in [-0.3, -0.25) is 0 Å². The van der Waals surface area contributed by atoms with Gasteiger partial charge in [-0.2, -0.15) is 0 Å². The fourth-order valence-corrected chi connectivity index (χ4v) is 2.50. The highest BCUT2D eigenvalue weighted by Crippen LogP contribution is 2.30. The van der Waals surface area contributed by atoms with Crippen molar-refractivity contribution < 1.29 is 5.11 Å². The molecule has 4 heteroatoms. The van der Waals surface area contributed by atoms with Crippen molar-refractivity contribution in [3.63, 3.8) is 0 Å². The van der Waals surface area contributed by atoms with Gasteiger partial charge < -0.3 is 10.4 Å². The van der Waals surface area contributed by atoms with Gasteiger partial charge in [0.2, 0.25) is 0 Å². The molecule has 0 aliphatic carbocycles. The van der Waals surface area contributed by atoms with Crippen LogP contribution >= 0.6 is 0 Å². The number of hydrogen-bond donors (Lipinski definition) is 2. The summed E-state index contributed by atoms with van der Waals surface area (Å²) in [7, 11) is 0. The Morgan fingerprint density at radius 1 is 1.04 bits per heavy atom. The zero-order valence-electron chi connectivity index (χ0n) is 13.9. The standard InChI is InChI=1S/C19H21N3O/c1-12-8-16-15(10-17(12)23)18(21-11-20-16)22-14-7-5-6-13(9-14)19(2,3)4/h5-11,23H,1-4H3,(H,20,21,22). The van der Waals surface area contributed by atoms with Crippen LogP contribution in [0.2, 0.25) is 0 Å². The minimum Gasteiger partial charge on any atom is -0.508 e. The molecular formula is C19H21N3O. The van der Waals surface area contributed by atoms with Crippen molar-refractivity contribution in [3.8, 4) is 5.75 Å². The lowest BCUT2D eigenvalue weighted by Crippen LogP contribution is -2.11. The molecule has 2 aromatic carbocycles. The van der Waals surface area contributed by atoms with E-state index in [1.807, 2.05) is 25.1 Å². The maximum Gasteiger partial charge on any atom is 0.141 e. The van der Waals surface area contributed by atoms with Crippen molar-refractivity contribution in [2.24, 2.45) is 0 Å². The van der Waals surface area contributed by atoms with Crippen molar-refractivity contribution in [3.05, 3.63) is 53.9 Å². The molecule has 1 aromatic heterocycles. The lowest BCUT2D eigenvalue weighted by atomic mass is 9.87. The minimum atomic E-state index is 0.0841. The maximum atomic E-state index is 9.98. The SMILES string of the molecule is Cc1cc2ncnc(Nc3cccc(C(C)(C)C)c3)c2cc1O. The molecule has 3 rings (SSSR count). The van der Waals surface area contributed by atoms with Gasteiger partial charge in [-0.25, -0.2) is 9.97 Å². The van der Waals surface area contributed by atoms with E-state index in [1.54, 1.807) is 6.07 Å². The first-order chi connectivity index (χ1) is 10.8. The van der Waals surface area contributed by atoms with Crippen LogP contribution in [0, 0.1) is 6.92 Å². The smallest absolute Gasteiger partial charge is 0.141 e. The number of aromatic nitrogens is 2. The number of phenolic OH excluding ortho intramolecular Hbond substituents is 1. The molecule has 0 atom stereocenters. The number of rotatable bonds is 2. The van der Waals surface area contributed by atoms with Gasteiger partial charge in [-0.15, -0.1) is 0 Å². The Bertz CT molecular complexity index is 866. The van der Waals surface area contributed by atoms with Gasteiger partial charge >= 0.3 is 0 Å². The number of benzene rings is 2. The Kier molecular flexibility index (Phi) is 3.68. The quantitative estimate of drug-likeness (QED) is 0.721. The summed E-state index contributed by atoms with van der Waals surface area (Å²) < 4.78 is 0. The van der Waals surface area contributed by atoms with Crippen LogP contribution in [0.15, 0.2) is 42.7 Å². The first-order valence-electron chi connectivity index (χ1n) is 7.66. The van der Waals surface area contributed by atoms with Crippen molar-refractivity contribution in [1.29, 1.82) is 0 Å². The van der Waals surface area contributed by atoms with E-state index in [0.717, 1.165) is 22.2 Å². The summed E-state index contributed by atoms with van der Waals surface area (Å²) in [5, 5.41) is 14.1. The van der Waals surface area contributed by atoms with E-state index >= 15 is 0 Å². The number of aryl methyl sites for hydroxylation is 1. The fraction of sp³-hybridized carbons (Fsp3) is 0.263. The van der Waals surface area contributed by atoms with Gasteiger partial charge in [-0.05, 0) is 47.7 Å². The van der Waals surface area contributed by atoms with E-state index in [2.05, 4.69) is 48.2 Å². The fourth-order valence-electron chi connectivity index (χ4n) is 2.50. The molecule has 3 aromatic rings. The van der Waals surface area contributed by atoms with Crippen LogP contribution in [-0.4, -0.2) is 15.1 Å². The lowest BCUT2D eigenvalue weighted by Gasteiger charge is -2.20. The molecule has 0 unspecified atom stereocenters. The summed E-state index contributed by atoms with van der Waals surface area (Å²) in [6, 6.07) is 11.9. The molecule has 0 aliphatic heterocycles. The largest absolute Gasteiger partial charge is 0.508 e. The lowest BCUT2D eigenvalue weighted by molar-refractivity contribution is 0.472. The Hall–Kier alpha value is -2.62. The van der Waals surface area contributed by atoms with Crippen LogP contribution < -0.4 is 5.32 Å². The van der Waals surface area contributed by atoms with E-state index in [9.17, 15) is 5.11 Å². The maximum absolute atomic E-state index is 9.98. The van der Waals surface area contributed by atoms with Crippen LogP contribution in [-0.2, 0) is 5.41 Å². The predicted octanol–water partition coefficient (Wildman–Crippen LogP) is 4.68. The van der Waals surface area contributed by atoms with Crippen molar-refractivity contribution >= 4 is 22.4 Å². The van der Waals surface area contributed by atoms with Gasteiger partial charge in [0.25, 0.3) is 0 Å². The first kappa shape index (κ1) is 15.3. The van der Waals surface area contributed by atoms with Crippen molar-refractivity contribution in [1.82, 2.24) is 9.97 Å². The summed E-state index contributed by atoms with van der Waals surface area (Å²) in [5.74, 6) is 0.940. The van der Waals surface area contributed by atoms with Gasteiger partial charge in [-0.1, -0.05) is 32.9 Å². The molecule has 0 saturated heterocycles. The van der Waals surface area contributed by atoms with E-state index in [-0.39, 0.29) is 11.2 Å². The third-order valence-corrected chi connectivity index (χ3v) is 3.94. The van der Waals surface area contributed by atoms with Gasteiger partial charge in [0.05, 0.1) is 5.52 Å². The van der Waals surface area contributed by atoms with Gasteiger partial charge in [0, 0.05) is 11.1 Å². The second-order valence-corrected chi connectivity index (χ2v) is 6.83. The summed E-state index contributed by atoms with van der Waals surface area (Å²) >= 11 is 0. The van der Waals surface area contributed by atoms with Crippen LogP contribution in [0.3, 0.4) is 0 Å². The number of fused-ring (bicyclic) bond motifs is 1.